The van der Waals surface area contributed by atoms with Crippen LogP contribution in [0.15, 0.2) is 181 Å². The minimum Gasteiger partial charge on any atom is -0.443 e. The Labute approximate surface area is 361 Å². The summed E-state index contributed by atoms with van der Waals surface area (Å²) in [5.41, 5.74) is 3.80. The molecule has 8 rings (SSSR count). The first-order valence-corrected chi connectivity index (χ1v) is 20.4. The minimum absolute atomic E-state index is 0.00119. The van der Waals surface area contributed by atoms with Crippen molar-refractivity contribution in [2.45, 2.75) is 52.7 Å². The first-order chi connectivity index (χ1) is 29.7. The number of carbonyl (C=O) groups excluding carboxylic acids is 4. The van der Waals surface area contributed by atoms with Gasteiger partial charge in [-0.3, -0.25) is 9.59 Å². The fourth-order valence-corrected chi connectivity index (χ4v) is 7.55. The number of anilines is 6. The minimum atomic E-state index is -0.983. The zero-order chi connectivity index (χ0) is 43.8. The van der Waals surface area contributed by atoms with Crippen LogP contribution in [0.3, 0.4) is 0 Å². The first-order valence-electron chi connectivity index (χ1n) is 20.4. The van der Waals surface area contributed by atoms with Crippen molar-refractivity contribution in [3.63, 3.8) is 0 Å². The molecule has 2 aliphatic rings. The van der Waals surface area contributed by atoms with E-state index in [9.17, 15) is 19.2 Å². The highest BCUT2D eigenvalue weighted by Gasteiger charge is 2.54. The fraction of sp³-hybridized carbons (Fsp3) is 0.154. The summed E-state index contributed by atoms with van der Waals surface area (Å²) >= 11 is 0. The maximum atomic E-state index is 14.9. The average Bonchev–Trinajstić information content (AvgIpc) is 3.73. The number of carbonyl (C=O) groups is 4. The summed E-state index contributed by atoms with van der Waals surface area (Å²) in [6.07, 6.45) is -1.92. The lowest BCUT2D eigenvalue weighted by Gasteiger charge is -2.28. The highest BCUT2D eigenvalue weighted by molar-refractivity contribution is 6.35. The Balaban J connectivity index is 1.30. The van der Waals surface area contributed by atoms with Gasteiger partial charge in [-0.2, -0.15) is 0 Å². The number of hydrogen-bond donors (Lipinski definition) is 0. The zero-order valence-corrected chi connectivity index (χ0v) is 35.4. The predicted octanol–water partition coefficient (Wildman–Crippen LogP) is 12.3. The number of para-hydroxylation sites is 4. The maximum absolute atomic E-state index is 14.9. The molecule has 0 spiro atoms. The van der Waals surface area contributed by atoms with E-state index in [0.29, 0.717) is 11.1 Å². The molecule has 10 nitrogen and oxygen atoms in total. The Bertz CT molecular complexity index is 2430. The quantitative estimate of drug-likeness (QED) is 0.150. The van der Waals surface area contributed by atoms with Crippen molar-refractivity contribution in [2.24, 2.45) is 0 Å². The molecule has 6 aromatic carbocycles. The largest absolute Gasteiger partial charge is 0.443 e. The first kappa shape index (κ1) is 41.0. The number of nitrogens with zero attached hydrogens (tertiary/aromatic N) is 4. The SMILES string of the molecule is CC(C)(C)OC(=O)N1C(=O)C2=C(c3ccc(N(c4ccccc4)c4ccccc4)cc3)N(C(=O)OC(C)(C)C)C(=O)C2=C1c1ccc(N(c2ccccc2)c2ccccc2)cc1. The van der Waals surface area contributed by atoms with Crippen molar-refractivity contribution >= 4 is 69.5 Å². The summed E-state index contributed by atoms with van der Waals surface area (Å²) in [6.45, 7) is 10.2. The van der Waals surface area contributed by atoms with Crippen LogP contribution in [0.25, 0.3) is 11.4 Å². The molecule has 10 heteroatoms. The van der Waals surface area contributed by atoms with Crippen molar-refractivity contribution in [1.82, 2.24) is 9.80 Å². The Morgan fingerprint density at radius 2 is 0.629 bits per heavy atom. The molecule has 2 aliphatic heterocycles. The highest BCUT2D eigenvalue weighted by atomic mass is 16.6. The van der Waals surface area contributed by atoms with Gasteiger partial charge >= 0.3 is 12.2 Å². The third kappa shape index (κ3) is 8.10. The van der Waals surface area contributed by atoms with Crippen molar-refractivity contribution in [3.8, 4) is 0 Å². The third-order valence-corrected chi connectivity index (χ3v) is 10.0. The van der Waals surface area contributed by atoms with Crippen LogP contribution in [0.1, 0.15) is 52.7 Å². The number of ether oxygens (including phenoxy) is 2. The second-order valence-corrected chi connectivity index (χ2v) is 16.8. The molecule has 0 saturated heterocycles. The van der Waals surface area contributed by atoms with Crippen molar-refractivity contribution < 1.29 is 28.7 Å². The summed E-state index contributed by atoms with van der Waals surface area (Å²) in [6, 6.07) is 53.9. The molecule has 2 heterocycles. The molecule has 0 aromatic heterocycles. The molecular weight excluding hydrogens is 777 g/mol. The van der Waals surface area contributed by atoms with E-state index in [1.54, 1.807) is 65.8 Å². The Morgan fingerprint density at radius 1 is 0.387 bits per heavy atom. The van der Waals surface area contributed by atoms with Crippen molar-refractivity contribution in [3.05, 3.63) is 192 Å². The van der Waals surface area contributed by atoms with Gasteiger partial charge in [-0.25, -0.2) is 19.4 Å². The number of imide groups is 2. The molecule has 0 N–H and O–H groups in total. The fourth-order valence-electron chi connectivity index (χ4n) is 7.55. The second-order valence-electron chi connectivity index (χ2n) is 16.8. The molecule has 4 amide bonds. The Kier molecular flexibility index (Phi) is 10.8. The van der Waals surface area contributed by atoms with Crippen LogP contribution >= 0.6 is 0 Å². The standard InChI is InChI=1S/C52H46N4O6/c1-51(2,3)61-49(59)55-45(35-27-31-41(32-28-35)53(37-19-11-7-12-20-37)38-21-13-8-14-22-38)43-44(47(55)57)46(56(48(43)58)50(60)62-52(4,5)6)36-29-33-42(34-30-36)54(39-23-15-9-16-24-39)40-25-17-10-18-26-40/h7-34H,1-6H3. The summed E-state index contributed by atoms with van der Waals surface area (Å²) in [5, 5.41) is 0. The maximum Gasteiger partial charge on any atom is 0.422 e. The van der Waals surface area contributed by atoms with E-state index in [1.807, 2.05) is 146 Å². The van der Waals surface area contributed by atoms with Crippen LogP contribution in [0, 0.1) is 0 Å². The van der Waals surface area contributed by atoms with Gasteiger partial charge in [0.05, 0.1) is 22.5 Å². The normalized spacial score (nSPS) is 14.0. The average molecular weight is 823 g/mol. The predicted molar refractivity (Wildman–Crippen MR) is 242 cm³/mol. The molecule has 0 aliphatic carbocycles. The van der Waals surface area contributed by atoms with Crippen LogP contribution in [-0.4, -0.2) is 45.0 Å². The molecule has 0 bridgehead atoms. The molecule has 0 atom stereocenters. The van der Waals surface area contributed by atoms with Crippen LogP contribution in [0.2, 0.25) is 0 Å². The van der Waals surface area contributed by atoms with Crippen LogP contribution < -0.4 is 9.80 Å². The molecular formula is C52H46N4O6. The van der Waals surface area contributed by atoms with Crippen LogP contribution in [-0.2, 0) is 19.1 Å². The van der Waals surface area contributed by atoms with Gasteiger partial charge in [0.1, 0.15) is 11.2 Å². The van der Waals surface area contributed by atoms with E-state index in [0.717, 1.165) is 43.9 Å². The van der Waals surface area contributed by atoms with E-state index in [-0.39, 0.29) is 22.5 Å². The molecule has 0 radical (unpaired) electrons. The highest BCUT2D eigenvalue weighted by Crippen LogP contribution is 2.48. The lowest BCUT2D eigenvalue weighted by molar-refractivity contribution is -0.123. The smallest absolute Gasteiger partial charge is 0.422 e. The van der Waals surface area contributed by atoms with E-state index in [2.05, 4.69) is 9.80 Å². The topological polar surface area (TPSA) is 99.7 Å². The van der Waals surface area contributed by atoms with Gasteiger partial charge in [-0.15, -0.1) is 0 Å². The Hall–Kier alpha value is -7.72. The van der Waals surface area contributed by atoms with Crippen LogP contribution in [0.4, 0.5) is 43.7 Å². The number of hydrogen-bond acceptors (Lipinski definition) is 8. The zero-order valence-electron chi connectivity index (χ0n) is 35.4. The van der Waals surface area contributed by atoms with Crippen molar-refractivity contribution in [1.29, 1.82) is 0 Å². The van der Waals surface area contributed by atoms with Crippen LogP contribution in [0.5, 0.6) is 0 Å². The van der Waals surface area contributed by atoms with E-state index in [1.165, 1.54) is 0 Å². The summed E-state index contributed by atoms with van der Waals surface area (Å²) in [5.74, 6) is -1.62. The monoisotopic (exact) mass is 822 g/mol. The number of rotatable bonds is 8. The van der Waals surface area contributed by atoms with Gasteiger partial charge in [0.15, 0.2) is 0 Å². The molecule has 0 saturated carbocycles. The number of amides is 4. The number of fused-ring (bicyclic) bond motifs is 1. The van der Waals surface area contributed by atoms with Gasteiger partial charge in [-0.05, 0) is 125 Å². The Morgan fingerprint density at radius 3 is 0.871 bits per heavy atom. The summed E-state index contributed by atoms with van der Waals surface area (Å²) < 4.78 is 11.6. The molecule has 310 valence electrons. The second kappa shape index (κ2) is 16.4. The number of benzene rings is 6. The third-order valence-electron chi connectivity index (χ3n) is 10.0. The molecule has 6 aromatic rings. The van der Waals surface area contributed by atoms with Gasteiger partial charge in [0.2, 0.25) is 0 Å². The van der Waals surface area contributed by atoms with Crippen molar-refractivity contribution in [2.75, 3.05) is 9.80 Å². The lowest BCUT2D eigenvalue weighted by Crippen LogP contribution is -2.40. The van der Waals surface area contributed by atoms with Gasteiger partial charge in [0.25, 0.3) is 11.8 Å². The summed E-state index contributed by atoms with van der Waals surface area (Å²) in [4.78, 5) is 64.2. The van der Waals surface area contributed by atoms with Gasteiger partial charge in [-0.1, -0.05) is 97.1 Å². The lowest BCUT2D eigenvalue weighted by atomic mass is 10.0. The van der Waals surface area contributed by atoms with Gasteiger partial charge < -0.3 is 19.3 Å². The molecule has 62 heavy (non-hydrogen) atoms. The molecule has 0 unspecified atom stereocenters. The van der Waals surface area contributed by atoms with E-state index < -0.39 is 35.2 Å². The van der Waals surface area contributed by atoms with E-state index >= 15 is 0 Å². The molecule has 0 fully saturated rings. The summed E-state index contributed by atoms with van der Waals surface area (Å²) in [7, 11) is 0. The van der Waals surface area contributed by atoms with E-state index in [4.69, 9.17) is 9.47 Å². The van der Waals surface area contributed by atoms with Gasteiger partial charge in [0, 0.05) is 34.1 Å².